The van der Waals surface area contributed by atoms with E-state index >= 15 is 0 Å². The molecule has 1 saturated carbocycles. The zero-order valence-corrected chi connectivity index (χ0v) is 12.8. The third-order valence-corrected chi connectivity index (χ3v) is 5.36. The van der Waals surface area contributed by atoms with Gasteiger partial charge in [-0.25, -0.2) is 0 Å². The Labute approximate surface area is 121 Å². The number of nitrogens with zero attached hydrogens (tertiary/aromatic N) is 1. The number of allylic oxidation sites excluding steroid dienone is 2. The Balaban J connectivity index is 1.97. The summed E-state index contributed by atoms with van der Waals surface area (Å²) in [7, 11) is 3.98. The van der Waals surface area contributed by atoms with Gasteiger partial charge in [-0.3, -0.25) is 4.79 Å². The number of para-hydroxylation sites is 1. The van der Waals surface area contributed by atoms with Gasteiger partial charge < -0.3 is 4.90 Å². The van der Waals surface area contributed by atoms with Crippen LogP contribution in [-0.4, -0.2) is 19.9 Å². The summed E-state index contributed by atoms with van der Waals surface area (Å²) >= 11 is 0. The molecule has 0 amide bonds. The number of carbonyl (C=O) groups excluding carboxylic acids is 1. The van der Waals surface area contributed by atoms with E-state index in [0.29, 0.717) is 11.3 Å². The minimum Gasteiger partial charge on any atom is -0.377 e. The van der Waals surface area contributed by atoms with Crippen LogP contribution in [0.1, 0.15) is 37.0 Å². The highest BCUT2D eigenvalue weighted by Gasteiger charge is 2.52. The van der Waals surface area contributed by atoms with E-state index in [-0.39, 0.29) is 5.78 Å². The topological polar surface area (TPSA) is 20.3 Å². The number of anilines is 1. The number of rotatable bonds is 3. The predicted molar refractivity (Wildman–Crippen MR) is 83.2 cm³/mol. The largest absolute Gasteiger partial charge is 0.377 e. The van der Waals surface area contributed by atoms with Crippen molar-refractivity contribution in [3.05, 3.63) is 41.5 Å². The van der Waals surface area contributed by atoms with Crippen molar-refractivity contribution in [2.24, 2.45) is 17.3 Å². The van der Waals surface area contributed by atoms with E-state index in [0.717, 1.165) is 29.2 Å². The molecule has 0 unspecified atom stereocenters. The standard InChI is InChI=1S/C18H23NO/c1-18(2)12-9-10-13(15(18)11-12)17(20)14-7-5-6-8-16(14)19(3)4/h5-8,10,12,15H,9,11H2,1-4H3/t12-,15-/m0/s1. The summed E-state index contributed by atoms with van der Waals surface area (Å²) in [5, 5.41) is 0. The van der Waals surface area contributed by atoms with Gasteiger partial charge in [-0.1, -0.05) is 32.1 Å². The molecule has 2 nitrogen and oxygen atoms in total. The van der Waals surface area contributed by atoms with Gasteiger partial charge in [0.2, 0.25) is 0 Å². The van der Waals surface area contributed by atoms with Gasteiger partial charge in [0.1, 0.15) is 0 Å². The van der Waals surface area contributed by atoms with E-state index < -0.39 is 0 Å². The monoisotopic (exact) mass is 269 g/mol. The van der Waals surface area contributed by atoms with Crippen LogP contribution in [0.4, 0.5) is 5.69 Å². The molecule has 0 aliphatic heterocycles. The molecular formula is C18H23NO. The summed E-state index contributed by atoms with van der Waals surface area (Å²) in [5.41, 5.74) is 3.20. The first-order chi connectivity index (χ1) is 9.43. The Bertz CT molecular complexity index is 583. The van der Waals surface area contributed by atoms with Crippen LogP contribution in [0, 0.1) is 17.3 Å². The fraction of sp³-hybridized carbons (Fsp3) is 0.500. The van der Waals surface area contributed by atoms with Crippen molar-refractivity contribution in [2.45, 2.75) is 26.7 Å². The number of ketones is 1. The molecular weight excluding hydrogens is 246 g/mol. The fourth-order valence-corrected chi connectivity index (χ4v) is 3.82. The second kappa shape index (κ2) is 4.47. The number of benzene rings is 1. The average molecular weight is 269 g/mol. The Morgan fingerprint density at radius 2 is 1.95 bits per heavy atom. The van der Waals surface area contributed by atoms with Gasteiger partial charge >= 0.3 is 0 Å². The van der Waals surface area contributed by atoms with Crippen molar-refractivity contribution >= 4 is 11.5 Å². The summed E-state index contributed by atoms with van der Waals surface area (Å²) in [6.07, 6.45) is 4.45. The highest BCUT2D eigenvalue weighted by atomic mass is 16.1. The van der Waals surface area contributed by atoms with Crippen molar-refractivity contribution in [3.8, 4) is 0 Å². The summed E-state index contributed by atoms with van der Waals surface area (Å²) in [6.45, 7) is 4.62. The van der Waals surface area contributed by atoms with E-state index in [2.05, 4.69) is 19.9 Å². The molecule has 3 aliphatic carbocycles. The van der Waals surface area contributed by atoms with Gasteiger partial charge in [0, 0.05) is 25.3 Å². The van der Waals surface area contributed by atoms with Crippen LogP contribution in [0.2, 0.25) is 0 Å². The lowest BCUT2D eigenvalue weighted by atomic mass is 9.48. The molecule has 20 heavy (non-hydrogen) atoms. The molecule has 0 heterocycles. The Hall–Kier alpha value is -1.57. The molecule has 3 aliphatic rings. The summed E-state index contributed by atoms with van der Waals surface area (Å²) in [5.74, 6) is 1.45. The third-order valence-electron chi connectivity index (χ3n) is 5.36. The smallest absolute Gasteiger partial charge is 0.191 e. The van der Waals surface area contributed by atoms with Crippen LogP contribution >= 0.6 is 0 Å². The molecule has 2 atom stereocenters. The molecule has 2 bridgehead atoms. The zero-order chi connectivity index (χ0) is 14.5. The molecule has 0 radical (unpaired) electrons. The molecule has 0 aromatic heterocycles. The summed E-state index contributed by atoms with van der Waals surface area (Å²) in [4.78, 5) is 15.0. The van der Waals surface area contributed by atoms with Crippen molar-refractivity contribution in [1.82, 2.24) is 0 Å². The van der Waals surface area contributed by atoms with Crippen LogP contribution in [0.5, 0.6) is 0 Å². The highest BCUT2D eigenvalue weighted by Crippen LogP contribution is 2.59. The molecule has 1 aromatic rings. The maximum atomic E-state index is 13.0. The predicted octanol–water partition coefficient (Wildman–Crippen LogP) is 3.93. The number of fused-ring (bicyclic) bond motifs is 1. The molecule has 1 fully saturated rings. The fourth-order valence-electron chi connectivity index (χ4n) is 3.82. The molecule has 0 N–H and O–H groups in total. The maximum Gasteiger partial charge on any atom is 0.191 e. The van der Waals surface area contributed by atoms with Crippen molar-refractivity contribution in [1.29, 1.82) is 0 Å². The van der Waals surface area contributed by atoms with Crippen molar-refractivity contribution in [2.75, 3.05) is 19.0 Å². The molecule has 0 saturated heterocycles. The molecule has 106 valence electrons. The van der Waals surface area contributed by atoms with E-state index in [9.17, 15) is 4.79 Å². The molecule has 1 aromatic carbocycles. The van der Waals surface area contributed by atoms with Gasteiger partial charge in [-0.2, -0.15) is 0 Å². The number of Topliss-reactive ketones (excluding diaryl/α,β-unsaturated/α-hetero) is 1. The van der Waals surface area contributed by atoms with Gasteiger partial charge in [-0.15, -0.1) is 0 Å². The lowest BCUT2D eigenvalue weighted by Gasteiger charge is -2.56. The maximum absolute atomic E-state index is 13.0. The van der Waals surface area contributed by atoms with Crippen LogP contribution in [-0.2, 0) is 0 Å². The average Bonchev–Trinajstić information content (AvgIpc) is 2.46. The number of hydrogen-bond acceptors (Lipinski definition) is 2. The Morgan fingerprint density at radius 1 is 1.25 bits per heavy atom. The lowest BCUT2D eigenvalue weighted by molar-refractivity contribution is -0.00591. The second-order valence-electron chi connectivity index (χ2n) is 6.94. The van der Waals surface area contributed by atoms with E-state index in [1.165, 1.54) is 6.42 Å². The quantitative estimate of drug-likeness (QED) is 0.775. The first-order valence-electron chi connectivity index (χ1n) is 7.44. The van der Waals surface area contributed by atoms with Crippen LogP contribution in [0.3, 0.4) is 0 Å². The van der Waals surface area contributed by atoms with Crippen molar-refractivity contribution < 1.29 is 4.79 Å². The molecule has 0 spiro atoms. The Morgan fingerprint density at radius 3 is 2.55 bits per heavy atom. The minimum atomic E-state index is 0.227. The van der Waals surface area contributed by atoms with E-state index in [1.807, 2.05) is 43.3 Å². The summed E-state index contributed by atoms with van der Waals surface area (Å²) in [6, 6.07) is 7.92. The number of carbonyl (C=O) groups is 1. The third kappa shape index (κ3) is 1.81. The Kier molecular flexibility index (Phi) is 3.00. The van der Waals surface area contributed by atoms with Gasteiger partial charge in [0.05, 0.1) is 0 Å². The van der Waals surface area contributed by atoms with Crippen LogP contribution in [0.25, 0.3) is 0 Å². The lowest BCUT2D eigenvalue weighted by Crippen LogP contribution is -2.49. The van der Waals surface area contributed by atoms with Crippen LogP contribution in [0.15, 0.2) is 35.9 Å². The highest BCUT2D eigenvalue weighted by molar-refractivity contribution is 6.12. The van der Waals surface area contributed by atoms with Gasteiger partial charge in [-0.05, 0) is 47.8 Å². The van der Waals surface area contributed by atoms with E-state index in [1.54, 1.807) is 0 Å². The minimum absolute atomic E-state index is 0.227. The zero-order valence-electron chi connectivity index (χ0n) is 12.8. The molecule has 4 rings (SSSR count). The van der Waals surface area contributed by atoms with Gasteiger partial charge in [0.15, 0.2) is 5.78 Å². The normalized spacial score (nSPS) is 26.5. The SMILES string of the molecule is CN(C)c1ccccc1C(=O)C1=CC[C@H]2C[C@@H]1C2(C)C. The second-order valence-corrected chi connectivity index (χ2v) is 6.94. The van der Waals surface area contributed by atoms with Crippen LogP contribution < -0.4 is 4.90 Å². The van der Waals surface area contributed by atoms with Crippen molar-refractivity contribution in [3.63, 3.8) is 0 Å². The molecule has 2 heteroatoms. The first kappa shape index (κ1) is 13.4. The van der Waals surface area contributed by atoms with E-state index in [4.69, 9.17) is 0 Å². The summed E-state index contributed by atoms with van der Waals surface area (Å²) < 4.78 is 0. The number of hydrogen-bond donors (Lipinski definition) is 0. The van der Waals surface area contributed by atoms with Gasteiger partial charge in [0.25, 0.3) is 0 Å². The first-order valence-corrected chi connectivity index (χ1v) is 7.44.